The Morgan fingerprint density at radius 3 is 2.38 bits per heavy atom. The second kappa shape index (κ2) is 9.20. The predicted molar refractivity (Wildman–Crippen MR) is 113 cm³/mol. The highest BCUT2D eigenvalue weighted by Crippen LogP contribution is 2.34. The van der Waals surface area contributed by atoms with Gasteiger partial charge in [-0.05, 0) is 61.7 Å². The number of pyridine rings is 1. The zero-order chi connectivity index (χ0) is 24.5. The molecule has 1 aliphatic rings. The van der Waals surface area contributed by atoms with E-state index in [-0.39, 0.29) is 37.5 Å². The van der Waals surface area contributed by atoms with Gasteiger partial charge in [-0.3, -0.25) is 9.59 Å². The van der Waals surface area contributed by atoms with Crippen molar-refractivity contribution in [2.75, 3.05) is 18.4 Å². The van der Waals surface area contributed by atoms with Gasteiger partial charge in [0.1, 0.15) is 11.6 Å². The van der Waals surface area contributed by atoms with Gasteiger partial charge < -0.3 is 10.2 Å². The second-order valence-corrected chi connectivity index (χ2v) is 7.95. The predicted octanol–water partition coefficient (Wildman–Crippen LogP) is 3.62. The highest BCUT2D eigenvalue weighted by molar-refractivity contribution is 5.94. The van der Waals surface area contributed by atoms with Gasteiger partial charge in [-0.2, -0.15) is 13.2 Å². The number of piperidine rings is 1. The molecule has 0 aliphatic carbocycles. The summed E-state index contributed by atoms with van der Waals surface area (Å²) < 4.78 is 55.2. The van der Waals surface area contributed by atoms with Gasteiger partial charge in [0.25, 0.3) is 5.91 Å². The largest absolute Gasteiger partial charge is 0.435 e. The Labute approximate surface area is 191 Å². The van der Waals surface area contributed by atoms with Crippen LogP contribution >= 0.6 is 0 Å². The Morgan fingerprint density at radius 1 is 1.09 bits per heavy atom. The molecule has 4 rings (SSSR count). The number of carbonyl (C=O) groups is 2. The Morgan fingerprint density at radius 2 is 1.76 bits per heavy atom. The summed E-state index contributed by atoms with van der Waals surface area (Å²) >= 11 is 0. The molecule has 1 aromatic carbocycles. The van der Waals surface area contributed by atoms with Gasteiger partial charge in [0.2, 0.25) is 5.91 Å². The van der Waals surface area contributed by atoms with Crippen LogP contribution in [-0.2, 0) is 11.0 Å². The number of aryl methyl sites for hydroxylation is 1. The summed E-state index contributed by atoms with van der Waals surface area (Å²) in [7, 11) is 0. The van der Waals surface area contributed by atoms with E-state index in [0.717, 1.165) is 29.8 Å². The number of anilines is 1. The highest BCUT2D eigenvalue weighted by atomic mass is 19.4. The molecule has 2 amide bonds. The van der Waals surface area contributed by atoms with Crippen molar-refractivity contribution < 1.29 is 27.2 Å². The molecule has 34 heavy (non-hydrogen) atoms. The summed E-state index contributed by atoms with van der Waals surface area (Å²) in [5.41, 5.74) is -1.33. The van der Waals surface area contributed by atoms with Gasteiger partial charge in [-0.25, -0.2) is 14.1 Å². The van der Waals surface area contributed by atoms with E-state index in [1.54, 1.807) is 18.3 Å². The smallest absolute Gasteiger partial charge is 0.337 e. The molecule has 1 aliphatic heterocycles. The summed E-state index contributed by atoms with van der Waals surface area (Å²) in [5.74, 6) is -1.82. The van der Waals surface area contributed by atoms with E-state index in [0.29, 0.717) is 10.5 Å². The van der Waals surface area contributed by atoms with Crippen molar-refractivity contribution in [2.45, 2.75) is 25.9 Å². The van der Waals surface area contributed by atoms with Crippen LogP contribution < -0.4 is 5.32 Å². The monoisotopic (exact) mass is 476 g/mol. The number of carbonyl (C=O) groups excluding carboxylic acids is 2. The van der Waals surface area contributed by atoms with Crippen LogP contribution in [-0.4, -0.2) is 49.8 Å². The van der Waals surface area contributed by atoms with Crippen molar-refractivity contribution in [1.29, 1.82) is 0 Å². The molecule has 0 atom stereocenters. The lowest BCUT2D eigenvalue weighted by Crippen LogP contribution is -2.42. The summed E-state index contributed by atoms with van der Waals surface area (Å²) in [6, 6.07) is 7.71. The van der Waals surface area contributed by atoms with Crippen LogP contribution in [0, 0.1) is 18.7 Å². The lowest BCUT2D eigenvalue weighted by molar-refractivity contribution is -0.143. The lowest BCUT2D eigenvalue weighted by atomic mass is 9.95. The van der Waals surface area contributed by atoms with Gasteiger partial charge in [0.15, 0.2) is 11.4 Å². The molecular formula is C22H20F4N6O2. The minimum absolute atomic E-state index is 0.0822. The van der Waals surface area contributed by atoms with Crippen molar-refractivity contribution in [3.63, 3.8) is 0 Å². The summed E-state index contributed by atoms with van der Waals surface area (Å²) in [4.78, 5) is 30.8. The Kier molecular flexibility index (Phi) is 6.31. The van der Waals surface area contributed by atoms with E-state index in [4.69, 9.17) is 0 Å². The van der Waals surface area contributed by atoms with E-state index in [1.807, 2.05) is 6.92 Å². The van der Waals surface area contributed by atoms with Crippen LogP contribution in [0.2, 0.25) is 0 Å². The number of benzene rings is 1. The summed E-state index contributed by atoms with van der Waals surface area (Å²) in [5, 5.41) is 9.72. The number of halogens is 4. The number of likely N-dealkylation sites (tertiary alicyclic amines) is 1. The zero-order valence-electron chi connectivity index (χ0n) is 18.0. The molecule has 0 spiro atoms. The first-order valence-electron chi connectivity index (χ1n) is 10.4. The number of hydrogen-bond acceptors (Lipinski definition) is 5. The molecule has 2 aromatic heterocycles. The molecule has 0 saturated carbocycles. The quantitative estimate of drug-likeness (QED) is 0.581. The first-order chi connectivity index (χ1) is 16.1. The minimum atomic E-state index is -4.93. The number of alkyl halides is 3. The molecule has 1 N–H and O–H groups in total. The van der Waals surface area contributed by atoms with Crippen molar-refractivity contribution in [3.8, 4) is 5.69 Å². The molecule has 178 valence electrons. The van der Waals surface area contributed by atoms with Crippen LogP contribution in [0.3, 0.4) is 0 Å². The lowest BCUT2D eigenvalue weighted by Gasteiger charge is -2.31. The minimum Gasteiger partial charge on any atom is -0.337 e. The van der Waals surface area contributed by atoms with Crippen molar-refractivity contribution in [3.05, 3.63) is 65.4 Å². The van der Waals surface area contributed by atoms with Gasteiger partial charge in [0, 0.05) is 25.2 Å². The van der Waals surface area contributed by atoms with Crippen molar-refractivity contribution in [1.82, 2.24) is 24.9 Å². The third-order valence-corrected chi connectivity index (χ3v) is 5.53. The Hall–Kier alpha value is -3.83. The van der Waals surface area contributed by atoms with Crippen LogP contribution in [0.15, 0.2) is 42.6 Å². The molecule has 0 bridgehead atoms. The normalized spacial score (nSPS) is 14.8. The third kappa shape index (κ3) is 4.90. The molecule has 3 heterocycles. The first kappa shape index (κ1) is 23.3. The molecule has 3 aromatic rings. The fraction of sp³-hybridized carbons (Fsp3) is 0.318. The standard InChI is InChI=1S/C22H20F4N6O2/c1-13-6-9-27-17(12-13)28-20(33)14-7-10-31(11-8-14)21(34)18-19(22(24,25)26)32(30-29-18)16-4-2-15(23)3-5-16/h2-6,9,12,14H,7-8,10-11H2,1H3,(H,27,28,33). The van der Waals surface area contributed by atoms with E-state index in [1.165, 1.54) is 4.90 Å². The van der Waals surface area contributed by atoms with E-state index in [2.05, 4.69) is 20.6 Å². The Bertz CT molecular complexity index is 1200. The Balaban J connectivity index is 1.48. The maximum absolute atomic E-state index is 13.8. The fourth-order valence-electron chi connectivity index (χ4n) is 3.77. The number of hydrogen-bond donors (Lipinski definition) is 1. The number of aromatic nitrogens is 4. The van der Waals surface area contributed by atoms with Crippen molar-refractivity contribution in [2.24, 2.45) is 5.92 Å². The molecule has 12 heteroatoms. The van der Waals surface area contributed by atoms with E-state index in [9.17, 15) is 27.2 Å². The average molecular weight is 476 g/mol. The zero-order valence-corrected chi connectivity index (χ0v) is 18.0. The van der Waals surface area contributed by atoms with Gasteiger partial charge in [0.05, 0.1) is 5.69 Å². The number of nitrogens with one attached hydrogen (secondary N) is 1. The first-order valence-corrected chi connectivity index (χ1v) is 10.4. The summed E-state index contributed by atoms with van der Waals surface area (Å²) in [6.07, 6.45) is -2.81. The van der Waals surface area contributed by atoms with Crippen LogP contribution in [0.25, 0.3) is 5.69 Å². The molecule has 0 radical (unpaired) electrons. The second-order valence-electron chi connectivity index (χ2n) is 7.95. The van der Waals surface area contributed by atoms with E-state index >= 15 is 0 Å². The maximum Gasteiger partial charge on any atom is 0.435 e. The molecule has 8 nitrogen and oxygen atoms in total. The van der Waals surface area contributed by atoms with Gasteiger partial charge in [-0.15, -0.1) is 5.10 Å². The van der Waals surface area contributed by atoms with E-state index < -0.39 is 35.2 Å². The number of rotatable bonds is 4. The van der Waals surface area contributed by atoms with Gasteiger partial charge in [-0.1, -0.05) is 5.21 Å². The topological polar surface area (TPSA) is 93.0 Å². The molecule has 1 fully saturated rings. The maximum atomic E-state index is 13.8. The molecule has 0 unspecified atom stereocenters. The fourth-order valence-corrected chi connectivity index (χ4v) is 3.77. The number of amides is 2. The molecule has 1 saturated heterocycles. The summed E-state index contributed by atoms with van der Waals surface area (Å²) in [6.45, 7) is 2.03. The number of nitrogens with zero attached hydrogens (tertiary/aromatic N) is 5. The van der Waals surface area contributed by atoms with Gasteiger partial charge >= 0.3 is 6.18 Å². The average Bonchev–Trinajstić information content (AvgIpc) is 3.25. The third-order valence-electron chi connectivity index (χ3n) is 5.53. The molecular weight excluding hydrogens is 456 g/mol. The van der Waals surface area contributed by atoms with Crippen LogP contribution in [0.5, 0.6) is 0 Å². The van der Waals surface area contributed by atoms with Crippen LogP contribution in [0.4, 0.5) is 23.4 Å². The van der Waals surface area contributed by atoms with Crippen LogP contribution in [0.1, 0.15) is 34.6 Å². The highest BCUT2D eigenvalue weighted by Gasteiger charge is 2.43. The van der Waals surface area contributed by atoms with Crippen molar-refractivity contribution >= 4 is 17.6 Å². The SMILES string of the molecule is Cc1ccnc(NC(=O)C2CCN(C(=O)c3nnn(-c4ccc(F)cc4)c3C(F)(F)F)CC2)c1.